The Hall–Kier alpha value is -1.19. The van der Waals surface area contributed by atoms with Crippen LogP contribution in [0.2, 0.25) is 0 Å². The number of nitrogens with zero attached hydrogens (tertiary/aromatic N) is 1. The summed E-state index contributed by atoms with van der Waals surface area (Å²) in [5, 5.41) is 15.7. The molecular weight excluding hydrogens is 478 g/mol. The van der Waals surface area contributed by atoms with Crippen molar-refractivity contribution in [3.05, 3.63) is 0 Å². The summed E-state index contributed by atoms with van der Waals surface area (Å²) in [7, 11) is 0. The Morgan fingerprint density at radius 2 is 1.91 bits per heavy atom. The number of aliphatic hydroxyl groups is 1. The van der Waals surface area contributed by atoms with E-state index in [1.165, 1.54) is 4.90 Å². The fraction of sp³-hybridized carbons (Fsp3) is 0.870. The summed E-state index contributed by atoms with van der Waals surface area (Å²) in [6, 6.07) is -0.889. The molecular formula is C23H38BrN3O5. The number of carbonyl (C=O) groups is 3. The molecule has 3 amide bonds. The zero-order valence-electron chi connectivity index (χ0n) is 20.0. The molecule has 0 saturated carbocycles. The predicted octanol–water partition coefficient (Wildman–Crippen LogP) is 1.58. The van der Waals surface area contributed by atoms with Gasteiger partial charge in [-0.25, -0.2) is 0 Å². The van der Waals surface area contributed by atoms with Gasteiger partial charge in [-0.3, -0.25) is 14.4 Å². The lowest BCUT2D eigenvalue weighted by atomic mass is 9.70. The summed E-state index contributed by atoms with van der Waals surface area (Å²) in [5.74, 6) is -2.18. The zero-order valence-corrected chi connectivity index (χ0v) is 21.6. The molecule has 182 valence electrons. The SMILES string of the molecule is CCCNC(=O)[C@H]1[C@H]2C(=O)N(CCO)C(C(=O)NC(C)(C)CC(C)(C)C)C23CC(Br)[C@@H]1O3. The largest absolute Gasteiger partial charge is 0.395 e. The fourth-order valence-electron chi connectivity index (χ4n) is 6.22. The van der Waals surface area contributed by atoms with E-state index in [-0.39, 0.29) is 41.1 Å². The molecule has 0 aromatic heterocycles. The Bertz CT molecular complexity index is 767. The van der Waals surface area contributed by atoms with Gasteiger partial charge in [0, 0.05) is 23.5 Å². The number of amides is 3. The smallest absolute Gasteiger partial charge is 0.246 e. The molecule has 3 aliphatic heterocycles. The molecule has 3 saturated heterocycles. The summed E-state index contributed by atoms with van der Waals surface area (Å²) in [6.45, 7) is 12.5. The van der Waals surface area contributed by atoms with E-state index in [0.29, 0.717) is 13.0 Å². The van der Waals surface area contributed by atoms with Gasteiger partial charge in [-0.2, -0.15) is 0 Å². The van der Waals surface area contributed by atoms with Crippen molar-refractivity contribution in [1.29, 1.82) is 0 Å². The zero-order chi connectivity index (χ0) is 24.1. The van der Waals surface area contributed by atoms with Gasteiger partial charge in [-0.15, -0.1) is 0 Å². The van der Waals surface area contributed by atoms with E-state index in [0.717, 1.165) is 12.8 Å². The van der Waals surface area contributed by atoms with Gasteiger partial charge in [-0.1, -0.05) is 43.6 Å². The highest BCUT2D eigenvalue weighted by Gasteiger charge is 2.76. The maximum Gasteiger partial charge on any atom is 0.246 e. The number of alkyl halides is 1. The molecule has 2 bridgehead atoms. The van der Waals surface area contributed by atoms with Crippen LogP contribution in [0.1, 0.15) is 60.8 Å². The molecule has 3 fully saturated rings. The van der Waals surface area contributed by atoms with E-state index in [2.05, 4.69) is 47.3 Å². The Kier molecular flexibility index (Phi) is 7.05. The van der Waals surface area contributed by atoms with Crippen LogP contribution in [-0.4, -0.2) is 75.5 Å². The number of carbonyl (C=O) groups excluding carboxylic acids is 3. The average Bonchev–Trinajstić information content (AvgIpc) is 3.21. The number of hydrogen-bond donors (Lipinski definition) is 3. The van der Waals surface area contributed by atoms with Crippen molar-refractivity contribution in [2.75, 3.05) is 19.7 Å². The van der Waals surface area contributed by atoms with Crippen molar-refractivity contribution in [3.8, 4) is 0 Å². The second-order valence-electron chi connectivity index (χ2n) is 11.3. The second kappa shape index (κ2) is 8.87. The van der Waals surface area contributed by atoms with Crippen LogP contribution in [0.25, 0.3) is 0 Å². The maximum absolute atomic E-state index is 13.7. The molecule has 32 heavy (non-hydrogen) atoms. The van der Waals surface area contributed by atoms with E-state index >= 15 is 0 Å². The van der Waals surface area contributed by atoms with E-state index in [4.69, 9.17) is 4.74 Å². The third-order valence-corrected chi connectivity index (χ3v) is 7.51. The predicted molar refractivity (Wildman–Crippen MR) is 124 cm³/mol. The lowest BCUT2D eigenvalue weighted by molar-refractivity contribution is -0.143. The van der Waals surface area contributed by atoms with Crippen LogP contribution in [0.5, 0.6) is 0 Å². The molecule has 1 spiro atoms. The van der Waals surface area contributed by atoms with Crippen LogP contribution >= 0.6 is 15.9 Å². The summed E-state index contributed by atoms with van der Waals surface area (Å²) in [5.41, 5.74) is -1.58. The van der Waals surface area contributed by atoms with Crippen LogP contribution in [-0.2, 0) is 19.1 Å². The van der Waals surface area contributed by atoms with Gasteiger partial charge in [0.25, 0.3) is 0 Å². The fourth-order valence-corrected chi connectivity index (χ4v) is 7.16. The first-order valence-corrected chi connectivity index (χ1v) is 12.5. The molecule has 0 radical (unpaired) electrons. The van der Waals surface area contributed by atoms with Crippen molar-refractivity contribution in [2.45, 2.75) is 88.9 Å². The standard InChI is InChI=1S/C23H38BrN3O5/c1-7-8-25-18(29)14-15-20(31)27(9-10-28)17(23(15)11-13(24)16(14)32-23)19(30)26-22(5,6)12-21(2,3)4/h13-17,28H,7-12H2,1-6H3,(H,25,29)(H,26,30)/t13?,14-,15-,16-,17?,23?/m0/s1. The van der Waals surface area contributed by atoms with Crippen molar-refractivity contribution in [3.63, 3.8) is 0 Å². The molecule has 6 atom stereocenters. The number of nitrogens with one attached hydrogen (secondary N) is 2. The molecule has 9 heteroatoms. The molecule has 3 heterocycles. The average molecular weight is 516 g/mol. The van der Waals surface area contributed by atoms with E-state index < -0.39 is 35.1 Å². The third-order valence-electron chi connectivity index (χ3n) is 6.66. The van der Waals surface area contributed by atoms with Crippen molar-refractivity contribution in [2.24, 2.45) is 17.3 Å². The van der Waals surface area contributed by atoms with Crippen molar-refractivity contribution < 1.29 is 24.2 Å². The quantitative estimate of drug-likeness (QED) is 0.425. The van der Waals surface area contributed by atoms with Gasteiger partial charge in [0.1, 0.15) is 11.6 Å². The number of ether oxygens (including phenoxy) is 1. The molecule has 3 unspecified atom stereocenters. The van der Waals surface area contributed by atoms with Crippen LogP contribution in [0.4, 0.5) is 0 Å². The topological polar surface area (TPSA) is 108 Å². The van der Waals surface area contributed by atoms with E-state index in [1.807, 2.05) is 20.8 Å². The number of rotatable bonds is 8. The van der Waals surface area contributed by atoms with Gasteiger partial charge in [0.05, 0.1) is 24.5 Å². The molecule has 3 rings (SSSR count). The number of likely N-dealkylation sites (tertiary alicyclic amines) is 1. The highest BCUT2D eigenvalue weighted by atomic mass is 79.9. The first-order valence-electron chi connectivity index (χ1n) is 11.6. The summed E-state index contributed by atoms with van der Waals surface area (Å²) >= 11 is 3.64. The minimum atomic E-state index is -1.08. The monoisotopic (exact) mass is 515 g/mol. The molecule has 3 aliphatic rings. The number of aliphatic hydroxyl groups excluding tert-OH is 1. The Morgan fingerprint density at radius 3 is 2.47 bits per heavy atom. The summed E-state index contributed by atoms with van der Waals surface area (Å²) < 4.78 is 6.39. The number of halogens is 1. The highest BCUT2D eigenvalue weighted by molar-refractivity contribution is 9.09. The van der Waals surface area contributed by atoms with Gasteiger partial charge in [-0.05, 0) is 38.5 Å². The molecule has 8 nitrogen and oxygen atoms in total. The van der Waals surface area contributed by atoms with Crippen LogP contribution in [0.15, 0.2) is 0 Å². The van der Waals surface area contributed by atoms with Gasteiger partial charge >= 0.3 is 0 Å². The highest BCUT2D eigenvalue weighted by Crippen LogP contribution is 2.60. The molecule has 3 N–H and O–H groups in total. The molecule has 0 aromatic carbocycles. The lowest BCUT2D eigenvalue weighted by Crippen LogP contribution is -2.60. The Labute approximate surface area is 199 Å². The second-order valence-corrected chi connectivity index (χ2v) is 12.5. The normalized spacial score (nSPS) is 34.1. The number of fused-ring (bicyclic) bond motifs is 1. The van der Waals surface area contributed by atoms with E-state index in [1.54, 1.807) is 0 Å². The van der Waals surface area contributed by atoms with Gasteiger partial charge in [0.15, 0.2) is 0 Å². The third kappa shape index (κ3) is 4.44. The minimum absolute atomic E-state index is 0.000386. The van der Waals surface area contributed by atoms with Gasteiger partial charge in [0.2, 0.25) is 17.7 Å². The van der Waals surface area contributed by atoms with Crippen LogP contribution in [0, 0.1) is 17.3 Å². The summed E-state index contributed by atoms with van der Waals surface area (Å²) in [4.78, 5) is 41.5. The Morgan fingerprint density at radius 1 is 1.25 bits per heavy atom. The van der Waals surface area contributed by atoms with Crippen LogP contribution < -0.4 is 10.6 Å². The van der Waals surface area contributed by atoms with Crippen molar-refractivity contribution in [1.82, 2.24) is 15.5 Å². The first-order chi connectivity index (χ1) is 14.8. The number of β-amino-alcohol motifs (C(OH)–C–C–N with tert-alkyl or cyclic N) is 1. The Balaban J connectivity index is 1.95. The minimum Gasteiger partial charge on any atom is -0.395 e. The number of hydrogen-bond acceptors (Lipinski definition) is 5. The van der Waals surface area contributed by atoms with Crippen LogP contribution in [0.3, 0.4) is 0 Å². The van der Waals surface area contributed by atoms with Gasteiger partial charge < -0.3 is 25.4 Å². The van der Waals surface area contributed by atoms with E-state index in [9.17, 15) is 19.5 Å². The van der Waals surface area contributed by atoms with Crippen molar-refractivity contribution >= 4 is 33.7 Å². The molecule has 0 aromatic rings. The molecule has 0 aliphatic carbocycles. The lowest BCUT2D eigenvalue weighted by Gasteiger charge is -2.38. The first kappa shape index (κ1) is 25.4. The maximum atomic E-state index is 13.7. The summed E-state index contributed by atoms with van der Waals surface area (Å²) in [6.07, 6.45) is 1.53.